The van der Waals surface area contributed by atoms with Crippen LogP contribution in [0.1, 0.15) is 25.0 Å². The normalized spacial score (nSPS) is 28.6. The number of ether oxygens (including phenoxy) is 2. The van der Waals surface area contributed by atoms with Crippen molar-refractivity contribution in [2.45, 2.75) is 31.5 Å². The molecule has 0 radical (unpaired) electrons. The fourth-order valence-corrected chi connectivity index (χ4v) is 3.36. The molecule has 0 aromatic heterocycles. The maximum atomic E-state index is 12.7. The van der Waals surface area contributed by atoms with Gasteiger partial charge in [-0.05, 0) is 13.0 Å². The SMILES string of the molecule is CC1COC(c2ccccc2Cl)CN1C(=O)CC1COCCN1. The predicted molar refractivity (Wildman–Crippen MR) is 88.5 cm³/mol. The van der Waals surface area contributed by atoms with Crippen LogP contribution in [0.2, 0.25) is 5.02 Å². The van der Waals surface area contributed by atoms with Gasteiger partial charge in [0.2, 0.25) is 5.91 Å². The van der Waals surface area contributed by atoms with Gasteiger partial charge in [0, 0.05) is 29.6 Å². The van der Waals surface area contributed by atoms with E-state index in [9.17, 15) is 4.79 Å². The fraction of sp³-hybridized carbons (Fsp3) is 0.588. The Balaban J connectivity index is 1.65. The van der Waals surface area contributed by atoms with Gasteiger partial charge in [0.1, 0.15) is 6.10 Å². The van der Waals surface area contributed by atoms with Crippen molar-refractivity contribution in [1.29, 1.82) is 0 Å². The molecule has 1 N–H and O–H groups in total. The third kappa shape index (κ3) is 4.04. The Morgan fingerprint density at radius 2 is 2.22 bits per heavy atom. The van der Waals surface area contributed by atoms with Crippen LogP contribution in [-0.4, -0.2) is 55.8 Å². The predicted octanol–water partition coefficient (Wildman–Crippen LogP) is 2.01. The van der Waals surface area contributed by atoms with Crippen LogP contribution in [0.3, 0.4) is 0 Å². The average Bonchev–Trinajstić information content (AvgIpc) is 2.57. The standard InChI is InChI=1S/C17H23ClN2O3/c1-12-10-23-16(14-4-2-3-5-15(14)18)9-20(12)17(21)8-13-11-22-7-6-19-13/h2-5,12-13,16,19H,6-11H2,1H3. The summed E-state index contributed by atoms with van der Waals surface area (Å²) >= 11 is 6.27. The van der Waals surface area contributed by atoms with Crippen LogP contribution in [0, 0.1) is 0 Å². The molecule has 1 aromatic rings. The molecule has 2 saturated heterocycles. The quantitative estimate of drug-likeness (QED) is 0.916. The van der Waals surface area contributed by atoms with E-state index in [-0.39, 0.29) is 24.1 Å². The van der Waals surface area contributed by atoms with Crippen LogP contribution in [0.4, 0.5) is 0 Å². The van der Waals surface area contributed by atoms with Crippen LogP contribution in [-0.2, 0) is 14.3 Å². The highest BCUT2D eigenvalue weighted by atomic mass is 35.5. The van der Waals surface area contributed by atoms with Gasteiger partial charge in [0.15, 0.2) is 0 Å². The minimum atomic E-state index is -0.167. The van der Waals surface area contributed by atoms with Gasteiger partial charge in [0.25, 0.3) is 0 Å². The molecule has 2 aliphatic heterocycles. The minimum absolute atomic E-state index is 0.0748. The van der Waals surface area contributed by atoms with E-state index in [0.29, 0.717) is 37.8 Å². The Kier molecular flexibility index (Phi) is 5.54. The van der Waals surface area contributed by atoms with Gasteiger partial charge in [-0.2, -0.15) is 0 Å². The first kappa shape index (κ1) is 16.7. The van der Waals surface area contributed by atoms with E-state index in [1.54, 1.807) is 0 Å². The molecule has 1 amide bonds. The second-order valence-electron chi connectivity index (χ2n) is 6.17. The number of hydrogen-bond acceptors (Lipinski definition) is 4. The lowest BCUT2D eigenvalue weighted by atomic mass is 10.0. The smallest absolute Gasteiger partial charge is 0.224 e. The molecule has 6 heteroatoms. The Morgan fingerprint density at radius 1 is 1.39 bits per heavy atom. The lowest BCUT2D eigenvalue weighted by molar-refractivity contribution is -0.145. The minimum Gasteiger partial charge on any atom is -0.378 e. The van der Waals surface area contributed by atoms with Crippen LogP contribution in [0.25, 0.3) is 0 Å². The summed E-state index contributed by atoms with van der Waals surface area (Å²) in [4.78, 5) is 14.6. The summed E-state index contributed by atoms with van der Waals surface area (Å²) in [7, 11) is 0. The number of carbonyl (C=O) groups is 1. The van der Waals surface area contributed by atoms with Crippen LogP contribution >= 0.6 is 11.6 Å². The number of rotatable bonds is 3. The number of hydrogen-bond donors (Lipinski definition) is 1. The van der Waals surface area contributed by atoms with Gasteiger partial charge >= 0.3 is 0 Å². The average molecular weight is 339 g/mol. The first-order valence-corrected chi connectivity index (χ1v) is 8.49. The van der Waals surface area contributed by atoms with Crippen molar-refractivity contribution >= 4 is 17.5 Å². The molecule has 2 fully saturated rings. The number of nitrogens with zero attached hydrogens (tertiary/aromatic N) is 1. The van der Waals surface area contributed by atoms with Crippen molar-refractivity contribution in [3.63, 3.8) is 0 Å². The molecular weight excluding hydrogens is 316 g/mol. The summed E-state index contributed by atoms with van der Waals surface area (Å²) in [6, 6.07) is 7.83. The molecule has 5 nitrogen and oxygen atoms in total. The lowest BCUT2D eigenvalue weighted by Gasteiger charge is -2.39. The molecule has 2 heterocycles. The van der Waals surface area contributed by atoms with Gasteiger partial charge in [-0.25, -0.2) is 0 Å². The lowest BCUT2D eigenvalue weighted by Crippen LogP contribution is -2.51. The molecule has 126 valence electrons. The Hall–Kier alpha value is -1.14. The van der Waals surface area contributed by atoms with E-state index >= 15 is 0 Å². The topological polar surface area (TPSA) is 50.8 Å². The Morgan fingerprint density at radius 3 is 2.96 bits per heavy atom. The first-order chi connectivity index (χ1) is 11.1. The summed E-state index contributed by atoms with van der Waals surface area (Å²) in [5.41, 5.74) is 0.943. The number of amides is 1. The van der Waals surface area contributed by atoms with E-state index < -0.39 is 0 Å². The number of halogens is 1. The highest BCUT2D eigenvalue weighted by molar-refractivity contribution is 6.31. The van der Waals surface area contributed by atoms with Crippen LogP contribution < -0.4 is 5.32 Å². The van der Waals surface area contributed by atoms with Gasteiger partial charge in [-0.1, -0.05) is 29.8 Å². The van der Waals surface area contributed by atoms with Crippen molar-refractivity contribution in [2.24, 2.45) is 0 Å². The van der Waals surface area contributed by atoms with Gasteiger partial charge in [-0.3, -0.25) is 4.79 Å². The number of benzene rings is 1. The molecule has 0 bridgehead atoms. The second kappa shape index (κ2) is 7.62. The van der Waals surface area contributed by atoms with E-state index in [2.05, 4.69) is 5.32 Å². The second-order valence-corrected chi connectivity index (χ2v) is 6.58. The largest absolute Gasteiger partial charge is 0.378 e. The van der Waals surface area contributed by atoms with Gasteiger partial charge in [0.05, 0.1) is 32.4 Å². The van der Waals surface area contributed by atoms with Crippen LogP contribution in [0.5, 0.6) is 0 Å². The summed E-state index contributed by atoms with van der Waals surface area (Å²) in [5, 5.41) is 4.01. The third-order valence-electron chi connectivity index (χ3n) is 4.43. The number of nitrogens with one attached hydrogen (secondary N) is 1. The molecule has 0 spiro atoms. The fourth-order valence-electron chi connectivity index (χ4n) is 3.11. The van der Waals surface area contributed by atoms with Gasteiger partial charge in [-0.15, -0.1) is 0 Å². The molecule has 2 aliphatic rings. The summed E-state index contributed by atoms with van der Waals surface area (Å²) in [6.45, 7) is 5.20. The van der Waals surface area contributed by atoms with E-state index in [4.69, 9.17) is 21.1 Å². The zero-order valence-electron chi connectivity index (χ0n) is 13.3. The van der Waals surface area contributed by atoms with Crippen molar-refractivity contribution in [1.82, 2.24) is 10.2 Å². The summed E-state index contributed by atoms with van der Waals surface area (Å²) in [6.07, 6.45) is 0.291. The Bertz CT molecular complexity index is 548. The molecular formula is C17H23ClN2O3. The van der Waals surface area contributed by atoms with Crippen molar-refractivity contribution in [3.05, 3.63) is 34.9 Å². The summed E-state index contributed by atoms with van der Waals surface area (Å²) in [5.74, 6) is 0.140. The molecule has 0 aliphatic carbocycles. The summed E-state index contributed by atoms with van der Waals surface area (Å²) < 4.78 is 11.3. The molecule has 1 aromatic carbocycles. The van der Waals surface area contributed by atoms with E-state index in [1.807, 2.05) is 36.1 Å². The number of morpholine rings is 2. The maximum absolute atomic E-state index is 12.7. The Labute approximate surface area is 141 Å². The third-order valence-corrected chi connectivity index (χ3v) is 4.77. The molecule has 3 unspecified atom stereocenters. The highest BCUT2D eigenvalue weighted by Gasteiger charge is 2.32. The first-order valence-electron chi connectivity index (χ1n) is 8.12. The zero-order valence-corrected chi connectivity index (χ0v) is 14.1. The molecule has 3 atom stereocenters. The maximum Gasteiger partial charge on any atom is 0.224 e. The molecule has 23 heavy (non-hydrogen) atoms. The van der Waals surface area contributed by atoms with E-state index in [0.717, 1.165) is 12.1 Å². The number of carbonyl (C=O) groups excluding carboxylic acids is 1. The monoisotopic (exact) mass is 338 g/mol. The molecule has 3 rings (SSSR count). The zero-order chi connectivity index (χ0) is 16.2. The van der Waals surface area contributed by atoms with Gasteiger partial charge < -0.3 is 19.7 Å². The van der Waals surface area contributed by atoms with Crippen molar-refractivity contribution in [2.75, 3.05) is 32.9 Å². The van der Waals surface area contributed by atoms with Crippen LogP contribution in [0.15, 0.2) is 24.3 Å². The van der Waals surface area contributed by atoms with Crippen molar-refractivity contribution < 1.29 is 14.3 Å². The van der Waals surface area contributed by atoms with E-state index in [1.165, 1.54) is 0 Å². The van der Waals surface area contributed by atoms with Crippen molar-refractivity contribution in [3.8, 4) is 0 Å². The highest BCUT2D eigenvalue weighted by Crippen LogP contribution is 2.30. The molecule has 0 saturated carbocycles.